The minimum absolute atomic E-state index is 0.229. The maximum absolute atomic E-state index is 13.2. The highest BCUT2D eigenvalue weighted by atomic mass is 19.1. The number of nitrogens with zero attached hydrogens (tertiary/aromatic N) is 1. The monoisotopic (exact) mass is 288 g/mol. The molecule has 1 heterocycles. The molecule has 0 fully saturated rings. The van der Waals surface area contributed by atoms with Gasteiger partial charge < -0.3 is 10.1 Å². The second-order valence-electron chi connectivity index (χ2n) is 4.95. The molecule has 1 atom stereocenters. The minimum Gasteiger partial charge on any atom is -0.456 e. The average molecular weight is 288 g/mol. The Morgan fingerprint density at radius 2 is 1.95 bits per heavy atom. The number of ether oxygens (including phenoxy) is 1. The summed E-state index contributed by atoms with van der Waals surface area (Å²) in [7, 11) is 0. The summed E-state index contributed by atoms with van der Waals surface area (Å²) < 4.78 is 18.9. The highest BCUT2D eigenvalue weighted by Gasteiger charge is 2.09. The maximum Gasteiger partial charge on any atom is 0.145 e. The molecule has 0 saturated carbocycles. The molecule has 0 aliphatic heterocycles. The number of pyridine rings is 1. The first-order valence-corrected chi connectivity index (χ1v) is 7.27. The van der Waals surface area contributed by atoms with Crippen LogP contribution in [0.15, 0.2) is 36.5 Å². The number of rotatable bonds is 6. The van der Waals surface area contributed by atoms with E-state index in [2.05, 4.69) is 24.1 Å². The van der Waals surface area contributed by atoms with Gasteiger partial charge in [-0.25, -0.2) is 4.39 Å². The van der Waals surface area contributed by atoms with E-state index in [0.29, 0.717) is 17.1 Å². The molecule has 1 aromatic carbocycles. The lowest BCUT2D eigenvalue weighted by atomic mass is 10.1. The fourth-order valence-electron chi connectivity index (χ4n) is 2.18. The normalized spacial score (nSPS) is 12.2. The van der Waals surface area contributed by atoms with Gasteiger partial charge in [0.2, 0.25) is 0 Å². The number of halogens is 1. The smallest absolute Gasteiger partial charge is 0.145 e. The van der Waals surface area contributed by atoms with E-state index in [9.17, 15) is 4.39 Å². The third-order valence-electron chi connectivity index (χ3n) is 3.34. The summed E-state index contributed by atoms with van der Waals surface area (Å²) in [4.78, 5) is 4.44. The van der Waals surface area contributed by atoms with E-state index in [0.717, 1.165) is 18.7 Å². The maximum atomic E-state index is 13.2. The number of nitrogens with one attached hydrogen (secondary N) is 1. The van der Waals surface area contributed by atoms with Crippen LogP contribution in [0, 0.1) is 12.7 Å². The summed E-state index contributed by atoms with van der Waals surface area (Å²) in [5.74, 6) is 1.03. The lowest BCUT2D eigenvalue weighted by Gasteiger charge is -2.15. The number of hydrogen-bond donors (Lipinski definition) is 1. The summed E-state index contributed by atoms with van der Waals surface area (Å²) in [6.07, 6.45) is 2.69. The Balaban J connectivity index is 2.09. The van der Waals surface area contributed by atoms with Gasteiger partial charge in [-0.3, -0.25) is 4.98 Å². The summed E-state index contributed by atoms with van der Waals surface area (Å²) in [5, 5.41) is 3.39. The molecule has 0 saturated heterocycles. The van der Waals surface area contributed by atoms with Crippen molar-refractivity contribution in [2.24, 2.45) is 0 Å². The summed E-state index contributed by atoms with van der Waals surface area (Å²) in [6.45, 7) is 6.83. The van der Waals surface area contributed by atoms with E-state index < -0.39 is 0 Å². The van der Waals surface area contributed by atoms with Crippen molar-refractivity contribution in [2.45, 2.75) is 33.2 Å². The number of aryl methyl sites for hydroxylation is 1. The van der Waals surface area contributed by atoms with Crippen molar-refractivity contribution in [3.63, 3.8) is 0 Å². The first-order valence-electron chi connectivity index (χ1n) is 7.27. The zero-order chi connectivity index (χ0) is 15.2. The first kappa shape index (κ1) is 15.4. The number of benzene rings is 1. The quantitative estimate of drug-likeness (QED) is 0.856. The Morgan fingerprint density at radius 3 is 2.52 bits per heavy atom. The SMILES string of the molecule is CCNC(CC)c1ccc(Oc2ccc(F)c(C)c2)cn1. The van der Waals surface area contributed by atoms with Crippen LogP contribution >= 0.6 is 0 Å². The fourth-order valence-corrected chi connectivity index (χ4v) is 2.18. The van der Waals surface area contributed by atoms with Gasteiger partial charge in [0.05, 0.1) is 11.9 Å². The van der Waals surface area contributed by atoms with E-state index in [1.165, 1.54) is 6.07 Å². The molecular weight excluding hydrogens is 267 g/mol. The zero-order valence-electron chi connectivity index (χ0n) is 12.7. The Kier molecular flexibility index (Phi) is 5.28. The molecule has 112 valence electrons. The van der Waals surface area contributed by atoms with Crippen LogP contribution in [-0.2, 0) is 0 Å². The molecule has 0 radical (unpaired) electrons. The van der Waals surface area contributed by atoms with Gasteiger partial charge in [-0.1, -0.05) is 13.8 Å². The van der Waals surface area contributed by atoms with Crippen molar-refractivity contribution in [2.75, 3.05) is 6.54 Å². The topological polar surface area (TPSA) is 34.1 Å². The molecular formula is C17H21FN2O. The van der Waals surface area contributed by atoms with Crippen LogP contribution in [0.3, 0.4) is 0 Å². The average Bonchev–Trinajstić information content (AvgIpc) is 2.49. The lowest BCUT2D eigenvalue weighted by molar-refractivity contribution is 0.473. The van der Waals surface area contributed by atoms with Crippen LogP contribution in [-0.4, -0.2) is 11.5 Å². The van der Waals surface area contributed by atoms with Crippen molar-refractivity contribution >= 4 is 0 Å². The van der Waals surface area contributed by atoms with E-state index in [1.807, 2.05) is 12.1 Å². The van der Waals surface area contributed by atoms with Crippen LogP contribution in [0.1, 0.15) is 37.6 Å². The summed E-state index contributed by atoms with van der Waals surface area (Å²) >= 11 is 0. The van der Waals surface area contributed by atoms with Gasteiger partial charge in [0.15, 0.2) is 0 Å². The van der Waals surface area contributed by atoms with Crippen LogP contribution in [0.5, 0.6) is 11.5 Å². The molecule has 0 amide bonds. The number of hydrogen-bond acceptors (Lipinski definition) is 3. The van der Waals surface area contributed by atoms with Gasteiger partial charge in [0.25, 0.3) is 0 Å². The van der Waals surface area contributed by atoms with E-state index in [4.69, 9.17) is 4.74 Å². The van der Waals surface area contributed by atoms with Crippen molar-refractivity contribution in [1.82, 2.24) is 10.3 Å². The molecule has 0 spiro atoms. The summed E-state index contributed by atoms with van der Waals surface area (Å²) in [6, 6.07) is 8.81. The van der Waals surface area contributed by atoms with Crippen LogP contribution in [0.2, 0.25) is 0 Å². The highest BCUT2D eigenvalue weighted by Crippen LogP contribution is 2.24. The van der Waals surface area contributed by atoms with Crippen molar-refractivity contribution < 1.29 is 9.13 Å². The molecule has 4 heteroatoms. The van der Waals surface area contributed by atoms with Gasteiger partial charge in [0, 0.05) is 6.04 Å². The molecule has 2 rings (SSSR count). The Hall–Kier alpha value is -1.94. The third kappa shape index (κ3) is 4.02. The molecule has 21 heavy (non-hydrogen) atoms. The van der Waals surface area contributed by atoms with Crippen LogP contribution < -0.4 is 10.1 Å². The molecule has 1 aromatic heterocycles. The van der Waals surface area contributed by atoms with Crippen LogP contribution in [0.4, 0.5) is 4.39 Å². The first-order chi connectivity index (χ1) is 10.1. The molecule has 1 N–H and O–H groups in total. The zero-order valence-corrected chi connectivity index (χ0v) is 12.7. The Bertz CT molecular complexity index is 584. The predicted octanol–water partition coefficient (Wildman–Crippen LogP) is 4.38. The third-order valence-corrected chi connectivity index (χ3v) is 3.34. The Labute approximate surface area is 125 Å². The minimum atomic E-state index is -0.229. The molecule has 3 nitrogen and oxygen atoms in total. The van der Waals surface area contributed by atoms with Gasteiger partial charge in [0.1, 0.15) is 17.3 Å². The largest absolute Gasteiger partial charge is 0.456 e. The highest BCUT2D eigenvalue weighted by molar-refractivity contribution is 5.33. The van der Waals surface area contributed by atoms with Crippen molar-refractivity contribution in [3.8, 4) is 11.5 Å². The van der Waals surface area contributed by atoms with Crippen molar-refractivity contribution in [1.29, 1.82) is 0 Å². The summed E-state index contributed by atoms with van der Waals surface area (Å²) in [5.41, 5.74) is 1.57. The molecule has 0 aliphatic rings. The van der Waals surface area contributed by atoms with E-state index >= 15 is 0 Å². The number of aromatic nitrogens is 1. The standard InChI is InChI=1S/C17H21FN2O/c1-4-16(19-5-2)17-9-7-14(11-20-17)21-13-6-8-15(18)12(3)10-13/h6-11,16,19H,4-5H2,1-3H3. The van der Waals surface area contributed by atoms with Gasteiger partial charge in [-0.2, -0.15) is 0 Å². The lowest BCUT2D eigenvalue weighted by Crippen LogP contribution is -2.20. The van der Waals surface area contributed by atoms with Crippen LogP contribution in [0.25, 0.3) is 0 Å². The molecule has 0 bridgehead atoms. The van der Waals surface area contributed by atoms with Gasteiger partial charge >= 0.3 is 0 Å². The second-order valence-corrected chi connectivity index (χ2v) is 4.95. The van der Waals surface area contributed by atoms with E-state index in [-0.39, 0.29) is 11.9 Å². The molecule has 1 unspecified atom stereocenters. The van der Waals surface area contributed by atoms with Gasteiger partial charge in [-0.15, -0.1) is 0 Å². The van der Waals surface area contributed by atoms with Gasteiger partial charge in [-0.05, 0) is 55.8 Å². The second kappa shape index (κ2) is 7.18. The van der Waals surface area contributed by atoms with E-state index in [1.54, 1.807) is 25.3 Å². The molecule has 2 aromatic rings. The predicted molar refractivity (Wildman–Crippen MR) is 82.2 cm³/mol. The molecule has 0 aliphatic carbocycles. The fraction of sp³-hybridized carbons (Fsp3) is 0.353. The Morgan fingerprint density at radius 1 is 1.19 bits per heavy atom. The van der Waals surface area contributed by atoms with Crippen molar-refractivity contribution in [3.05, 3.63) is 53.6 Å².